The first kappa shape index (κ1) is 40.5. The smallest absolute Gasteiger partial charge is 2.00 e. The van der Waals surface area contributed by atoms with Crippen LogP contribution in [0.5, 0.6) is 0 Å². The zero-order valence-electron chi connectivity index (χ0n) is 23.2. The van der Waals surface area contributed by atoms with Crippen LogP contribution in [0.2, 0.25) is 0 Å². The van der Waals surface area contributed by atoms with Crippen molar-refractivity contribution in [2.75, 3.05) is 0 Å². The fourth-order valence-electron chi connectivity index (χ4n) is 4.23. The third-order valence-corrected chi connectivity index (χ3v) is 10.8. The van der Waals surface area contributed by atoms with E-state index in [2.05, 4.69) is 173 Å². The number of benzene rings is 4. The van der Waals surface area contributed by atoms with Crippen LogP contribution in [0.4, 0.5) is 0 Å². The van der Waals surface area contributed by atoms with E-state index in [1.165, 1.54) is 32.5 Å². The quantitative estimate of drug-likeness (QED) is 0.103. The fourth-order valence-corrected chi connectivity index (χ4v) is 8.84. The molecule has 0 saturated heterocycles. The Morgan fingerprint density at radius 3 is 0.773 bits per heavy atom. The van der Waals surface area contributed by atoms with E-state index in [0.717, 1.165) is 0 Å². The summed E-state index contributed by atoms with van der Waals surface area (Å²) in [5.74, 6) is 0. The van der Waals surface area contributed by atoms with Crippen LogP contribution >= 0.6 is 69.7 Å². The Bertz CT molecular complexity index is 1050. The minimum atomic E-state index is -0.750. The van der Waals surface area contributed by atoms with Crippen molar-refractivity contribution >= 4 is 90.9 Å². The van der Waals surface area contributed by atoms with Crippen LogP contribution in [-0.2, 0) is 33.0 Å². The van der Waals surface area contributed by atoms with Crippen molar-refractivity contribution in [1.29, 1.82) is 0 Å². The van der Waals surface area contributed by atoms with Gasteiger partial charge in [0, 0.05) is 11.3 Å². The number of rotatable bonds is 6. The molecule has 4 aromatic carbocycles. The van der Waals surface area contributed by atoms with Crippen molar-refractivity contribution in [2.24, 2.45) is 0 Å². The largest absolute Gasteiger partial charge is 2.00 e. The molecule has 2 aliphatic carbocycles. The average molecular weight is 851 g/mol. The molecule has 0 aromatic heterocycles. The summed E-state index contributed by atoms with van der Waals surface area (Å²) >= 11 is 14.3. The molecule has 0 spiro atoms. The molecule has 2 fully saturated rings. The molecular weight excluding hydrogens is 822 g/mol. The van der Waals surface area contributed by atoms with Crippen molar-refractivity contribution in [3.63, 3.8) is 0 Å². The molecule has 6 rings (SSSR count). The Hall–Kier alpha value is 0.372. The molecule has 0 N–H and O–H groups in total. The molecule has 0 nitrogen and oxygen atoms in total. The van der Waals surface area contributed by atoms with Crippen LogP contribution in [-0.4, -0.2) is 4.30 Å². The van der Waals surface area contributed by atoms with Crippen LogP contribution in [0.1, 0.15) is 0 Å². The van der Waals surface area contributed by atoms with Gasteiger partial charge in [-0.05, 0) is 88.4 Å². The molecule has 44 heavy (non-hydrogen) atoms. The van der Waals surface area contributed by atoms with Crippen LogP contribution in [0.25, 0.3) is 0 Å². The molecule has 0 aliphatic heterocycles. The topological polar surface area (TPSA) is 0 Å². The monoisotopic (exact) mass is 848 g/mol. The zero-order chi connectivity index (χ0) is 30.7. The summed E-state index contributed by atoms with van der Waals surface area (Å²) in [5, 5.41) is 5.63. The van der Waals surface area contributed by atoms with Gasteiger partial charge in [0.15, 0.2) is 4.30 Å². The number of halogens is 5. The van der Waals surface area contributed by atoms with E-state index >= 15 is 0 Å². The van der Waals surface area contributed by atoms with Gasteiger partial charge in [0.05, 0.1) is 0 Å². The standard InChI is InChI=1S/2C17H14P.CHCl3.2ClH.Fe.Pd/c2*1-3-9-15(10-4-1)18(17-13-7-8-14-17)16-11-5-2-6-12-16;2-1(3)4;;;;/h2*1-14H;1H;2*1H;;/q;;;;;2*+2/p-2. The molecule has 2 aliphatic rings. The predicted octanol–water partition coefficient (Wildman–Crippen LogP) is 10.3. The first-order valence-corrected chi connectivity index (χ1v) is 21.0. The minimum Gasteiger partial charge on any atom is 2.00 e. The summed E-state index contributed by atoms with van der Waals surface area (Å²) in [4.78, 5) is 0. The molecule has 4 aromatic rings. The Morgan fingerprint density at radius 1 is 0.409 bits per heavy atom. The van der Waals surface area contributed by atoms with Crippen molar-refractivity contribution in [1.82, 2.24) is 0 Å². The van der Waals surface area contributed by atoms with Crippen LogP contribution in [0, 0.1) is 62.7 Å². The van der Waals surface area contributed by atoms with Crippen LogP contribution in [0.15, 0.2) is 121 Å². The second-order valence-corrected chi connectivity index (χ2v) is 17.4. The number of hydrogen-bond donors (Lipinski definition) is 0. The predicted molar refractivity (Wildman–Crippen MR) is 192 cm³/mol. The summed E-state index contributed by atoms with van der Waals surface area (Å²) < 4.78 is -0.750. The summed E-state index contributed by atoms with van der Waals surface area (Å²) in [5.41, 5.74) is 2.84. The van der Waals surface area contributed by atoms with Crippen molar-refractivity contribution < 1.29 is 33.0 Å². The van der Waals surface area contributed by atoms with E-state index in [0.29, 0.717) is 0 Å². The molecule has 0 heterocycles. The second kappa shape index (κ2) is 24.5. The van der Waals surface area contributed by atoms with E-state index in [1.807, 2.05) is 0 Å². The van der Waals surface area contributed by atoms with Gasteiger partial charge in [0.1, 0.15) is 0 Å². The first-order valence-electron chi connectivity index (χ1n) is 13.0. The van der Waals surface area contributed by atoms with Gasteiger partial charge >= 0.3 is 52.1 Å². The molecule has 0 amide bonds. The average Bonchev–Trinajstić information content (AvgIpc) is 3.76. The second-order valence-electron chi connectivity index (χ2n) is 8.59. The normalized spacial score (nSPS) is 14.6. The molecule has 9 heteroatoms. The third-order valence-electron chi connectivity index (χ3n) is 5.86. The number of alkyl halides is 3. The van der Waals surface area contributed by atoms with E-state index in [-0.39, 0.29) is 33.0 Å². The molecule has 0 atom stereocenters. The molecule has 10 radical (unpaired) electrons. The molecule has 230 valence electrons. The third kappa shape index (κ3) is 14.6. The van der Waals surface area contributed by atoms with Gasteiger partial charge in [0.2, 0.25) is 0 Å². The summed E-state index contributed by atoms with van der Waals surface area (Å²) in [7, 11) is 8.81. The van der Waals surface area contributed by atoms with Gasteiger partial charge in [0.25, 0.3) is 0 Å². The molecular formula is C35H29Cl5FeP2Pd+2. The van der Waals surface area contributed by atoms with Gasteiger partial charge in [-0.1, -0.05) is 156 Å². The van der Waals surface area contributed by atoms with E-state index < -0.39 is 20.1 Å². The van der Waals surface area contributed by atoms with Crippen molar-refractivity contribution in [2.45, 2.75) is 4.30 Å². The molecule has 0 bridgehead atoms. The Labute approximate surface area is 309 Å². The van der Waals surface area contributed by atoms with Crippen molar-refractivity contribution in [3.05, 3.63) is 184 Å². The fraction of sp³-hybridized carbons (Fsp3) is 0.0286. The van der Waals surface area contributed by atoms with Crippen molar-refractivity contribution in [3.8, 4) is 0 Å². The van der Waals surface area contributed by atoms with E-state index in [9.17, 15) is 0 Å². The summed E-state index contributed by atoms with van der Waals surface area (Å²) in [6, 6.07) is 43.1. The van der Waals surface area contributed by atoms with E-state index in [1.54, 1.807) is 0 Å². The Balaban J connectivity index is 0.000000249. The van der Waals surface area contributed by atoms with Crippen LogP contribution in [0.3, 0.4) is 0 Å². The van der Waals surface area contributed by atoms with Gasteiger partial charge in [-0.25, -0.2) is 0 Å². The van der Waals surface area contributed by atoms with Gasteiger partial charge in [-0.3, -0.25) is 0 Å². The Kier molecular flexibility index (Phi) is 22.6. The minimum absolute atomic E-state index is 0. The zero-order valence-corrected chi connectivity index (χ0v) is 31.4. The van der Waals surface area contributed by atoms with Crippen LogP contribution < -0.4 is 21.2 Å². The number of hydrogen-bond acceptors (Lipinski definition) is 0. The maximum Gasteiger partial charge on any atom is 2.00 e. The molecule has 2 saturated carbocycles. The SMILES string of the molecule is ClC(Cl)Cl.[CH]1[CH][CH][C](P(c2ccccc2)c2ccccc2)[CH]1.[CH]1[CH][CH][C](P(c2ccccc2)c2ccccc2)[CH]1.[Cl][Pd][Cl].[Fe+2]. The maximum atomic E-state index is 4.81. The van der Waals surface area contributed by atoms with Gasteiger partial charge in [-0.2, -0.15) is 0 Å². The Morgan fingerprint density at radius 2 is 0.591 bits per heavy atom. The van der Waals surface area contributed by atoms with Gasteiger partial charge in [-0.15, -0.1) is 0 Å². The first-order chi connectivity index (χ1) is 21.0. The molecule has 0 unspecified atom stereocenters. The summed E-state index contributed by atoms with van der Waals surface area (Å²) in [6.45, 7) is 0. The summed E-state index contributed by atoms with van der Waals surface area (Å²) in [6.07, 6.45) is 17.4. The van der Waals surface area contributed by atoms with Gasteiger partial charge < -0.3 is 0 Å². The van der Waals surface area contributed by atoms with E-state index in [4.69, 9.17) is 53.9 Å². The maximum absolute atomic E-state index is 4.81.